The van der Waals surface area contributed by atoms with Gasteiger partial charge in [-0.1, -0.05) is 0 Å². The molecule has 0 bridgehead atoms. The Labute approximate surface area is 149 Å². The van der Waals surface area contributed by atoms with Crippen LogP contribution in [0.4, 0.5) is 4.79 Å². The van der Waals surface area contributed by atoms with E-state index in [-0.39, 0.29) is 12.1 Å². The molecule has 0 unspecified atom stereocenters. The topological polar surface area (TPSA) is 58.6 Å². The van der Waals surface area contributed by atoms with E-state index >= 15 is 0 Å². The second-order valence-electron chi connectivity index (χ2n) is 7.18. The van der Waals surface area contributed by atoms with Crippen LogP contribution in [0.25, 0.3) is 0 Å². The van der Waals surface area contributed by atoms with Crippen molar-refractivity contribution >= 4 is 17.9 Å². The Bertz CT molecular complexity index is 562. The zero-order valence-electron chi connectivity index (χ0n) is 15.3. The van der Waals surface area contributed by atoms with Crippen molar-refractivity contribution in [3.05, 3.63) is 18.1 Å². The molecule has 1 atom stereocenters. The highest BCUT2D eigenvalue weighted by molar-refractivity contribution is 7.98. The monoisotopic (exact) mass is 352 g/mol. The van der Waals surface area contributed by atoms with Crippen molar-refractivity contribution < 1.29 is 9.53 Å². The van der Waals surface area contributed by atoms with Gasteiger partial charge in [-0.15, -0.1) is 11.8 Å². The van der Waals surface area contributed by atoms with Gasteiger partial charge in [-0.3, -0.25) is 9.88 Å². The van der Waals surface area contributed by atoms with E-state index in [0.717, 1.165) is 43.2 Å². The van der Waals surface area contributed by atoms with Crippen LogP contribution in [0.5, 0.6) is 0 Å². The van der Waals surface area contributed by atoms with E-state index in [9.17, 15) is 4.79 Å². The minimum absolute atomic E-state index is 0.194. The van der Waals surface area contributed by atoms with E-state index in [4.69, 9.17) is 4.74 Å². The summed E-state index contributed by atoms with van der Waals surface area (Å²) in [6.07, 6.45) is 7.29. The van der Waals surface area contributed by atoms with Crippen molar-refractivity contribution in [1.82, 2.24) is 19.8 Å². The number of aromatic nitrogens is 2. The number of hydrogen-bond acceptors (Lipinski definition) is 6. The summed E-state index contributed by atoms with van der Waals surface area (Å²) in [6.45, 7) is 8.02. The summed E-state index contributed by atoms with van der Waals surface area (Å²) < 4.78 is 5.53. The zero-order valence-corrected chi connectivity index (χ0v) is 16.1. The number of ether oxygens (including phenoxy) is 1. The molecule has 1 aliphatic rings. The van der Waals surface area contributed by atoms with Gasteiger partial charge in [0.2, 0.25) is 0 Å². The molecule has 1 aliphatic heterocycles. The first-order valence-corrected chi connectivity index (χ1v) is 9.54. The number of likely N-dealkylation sites (tertiary alicyclic amines) is 1. The highest BCUT2D eigenvalue weighted by atomic mass is 32.2. The summed E-state index contributed by atoms with van der Waals surface area (Å²) >= 11 is 1.61. The number of rotatable bonds is 5. The molecular formula is C17H28N4O2S. The lowest BCUT2D eigenvalue weighted by atomic mass is 10.2. The highest BCUT2D eigenvalue weighted by Gasteiger charge is 2.32. The van der Waals surface area contributed by atoms with Gasteiger partial charge in [0.1, 0.15) is 10.6 Å². The number of hydrogen-bond donors (Lipinski definition) is 0. The SMILES string of the molecule is CSc1nccnc1CN(C)C[C@H]1CCCN1C(=O)OC(C)(C)C. The number of nitrogens with zero attached hydrogens (tertiary/aromatic N) is 4. The van der Waals surface area contributed by atoms with Gasteiger partial charge >= 0.3 is 6.09 Å². The van der Waals surface area contributed by atoms with E-state index in [1.54, 1.807) is 24.2 Å². The fraction of sp³-hybridized carbons (Fsp3) is 0.706. The van der Waals surface area contributed by atoms with Gasteiger partial charge in [0, 0.05) is 38.1 Å². The van der Waals surface area contributed by atoms with Gasteiger partial charge in [0.25, 0.3) is 0 Å². The molecule has 2 rings (SSSR count). The van der Waals surface area contributed by atoms with Crippen LogP contribution in [0.2, 0.25) is 0 Å². The van der Waals surface area contributed by atoms with Crippen molar-refractivity contribution in [2.75, 3.05) is 26.4 Å². The largest absolute Gasteiger partial charge is 0.444 e. The minimum atomic E-state index is -0.455. The third kappa shape index (κ3) is 5.34. The average molecular weight is 353 g/mol. The van der Waals surface area contributed by atoms with Crippen LogP contribution in [-0.2, 0) is 11.3 Å². The van der Waals surface area contributed by atoms with E-state index < -0.39 is 5.60 Å². The number of likely N-dealkylation sites (N-methyl/N-ethyl adjacent to an activating group) is 1. The molecule has 1 saturated heterocycles. The predicted octanol–water partition coefficient (Wildman–Crippen LogP) is 3.03. The Morgan fingerprint density at radius 1 is 1.42 bits per heavy atom. The molecule has 1 fully saturated rings. The van der Waals surface area contributed by atoms with Crippen LogP contribution in [0.1, 0.15) is 39.3 Å². The molecule has 24 heavy (non-hydrogen) atoms. The summed E-state index contributed by atoms with van der Waals surface area (Å²) in [5.74, 6) is 0. The summed E-state index contributed by atoms with van der Waals surface area (Å²) in [4.78, 5) is 25.2. The molecule has 2 heterocycles. The molecule has 0 radical (unpaired) electrons. The first-order chi connectivity index (χ1) is 11.3. The van der Waals surface area contributed by atoms with Crippen molar-refractivity contribution in [1.29, 1.82) is 0 Å². The van der Waals surface area contributed by atoms with Crippen LogP contribution in [-0.4, -0.2) is 63.9 Å². The lowest BCUT2D eigenvalue weighted by molar-refractivity contribution is 0.0201. The maximum absolute atomic E-state index is 12.4. The van der Waals surface area contributed by atoms with E-state index in [1.165, 1.54) is 0 Å². The fourth-order valence-electron chi connectivity index (χ4n) is 2.90. The van der Waals surface area contributed by atoms with E-state index in [2.05, 4.69) is 21.9 Å². The smallest absolute Gasteiger partial charge is 0.410 e. The molecule has 1 amide bonds. The van der Waals surface area contributed by atoms with Crippen LogP contribution in [0, 0.1) is 0 Å². The van der Waals surface area contributed by atoms with Crippen molar-refractivity contribution in [3.63, 3.8) is 0 Å². The maximum atomic E-state index is 12.4. The molecule has 0 saturated carbocycles. The average Bonchev–Trinajstić information content (AvgIpc) is 2.94. The Morgan fingerprint density at radius 2 is 2.12 bits per heavy atom. The molecule has 0 spiro atoms. The molecule has 6 nitrogen and oxygen atoms in total. The second kappa shape index (κ2) is 8.16. The van der Waals surface area contributed by atoms with Crippen LogP contribution in [0.3, 0.4) is 0 Å². The summed E-state index contributed by atoms with van der Waals surface area (Å²) in [5.41, 5.74) is 0.525. The van der Waals surface area contributed by atoms with Gasteiger partial charge in [-0.25, -0.2) is 9.78 Å². The Hall–Kier alpha value is -1.34. The minimum Gasteiger partial charge on any atom is -0.444 e. The summed E-state index contributed by atoms with van der Waals surface area (Å²) in [6, 6.07) is 0.194. The number of thioether (sulfide) groups is 1. The lowest BCUT2D eigenvalue weighted by Gasteiger charge is -2.30. The number of amides is 1. The van der Waals surface area contributed by atoms with Gasteiger partial charge in [0.15, 0.2) is 0 Å². The molecule has 1 aromatic rings. The third-order valence-corrected chi connectivity index (χ3v) is 4.60. The Balaban J connectivity index is 1.95. The Morgan fingerprint density at radius 3 is 2.79 bits per heavy atom. The third-order valence-electron chi connectivity index (χ3n) is 3.88. The van der Waals surface area contributed by atoms with E-state index in [1.807, 2.05) is 31.9 Å². The normalized spacial score (nSPS) is 18.2. The molecule has 0 N–H and O–H groups in total. The molecule has 1 aromatic heterocycles. The number of carbonyl (C=O) groups is 1. The van der Waals surface area contributed by atoms with Crippen LogP contribution < -0.4 is 0 Å². The predicted molar refractivity (Wildman–Crippen MR) is 96.1 cm³/mol. The van der Waals surface area contributed by atoms with Crippen molar-refractivity contribution in [3.8, 4) is 0 Å². The van der Waals surface area contributed by atoms with Crippen LogP contribution in [0.15, 0.2) is 17.4 Å². The van der Waals surface area contributed by atoms with Crippen molar-refractivity contribution in [2.24, 2.45) is 0 Å². The fourth-order valence-corrected chi connectivity index (χ4v) is 3.42. The lowest BCUT2D eigenvalue weighted by Crippen LogP contribution is -2.44. The van der Waals surface area contributed by atoms with Gasteiger partial charge < -0.3 is 9.64 Å². The highest BCUT2D eigenvalue weighted by Crippen LogP contribution is 2.22. The molecule has 0 aliphatic carbocycles. The molecule has 0 aromatic carbocycles. The summed E-state index contributed by atoms with van der Waals surface area (Å²) in [5, 5.41) is 0.958. The first kappa shape index (κ1) is 19.0. The van der Waals surface area contributed by atoms with Gasteiger partial charge in [-0.05, 0) is 46.9 Å². The number of carbonyl (C=O) groups excluding carboxylic acids is 1. The maximum Gasteiger partial charge on any atom is 0.410 e. The molecular weight excluding hydrogens is 324 g/mol. The standard InChI is InChI=1S/C17H28N4O2S/c1-17(2,3)23-16(22)21-10-6-7-13(21)11-20(4)12-14-15(24-5)19-9-8-18-14/h8-9,13H,6-7,10-12H2,1-5H3/t13-/m1/s1. The summed E-state index contributed by atoms with van der Waals surface area (Å²) in [7, 11) is 2.06. The molecule has 7 heteroatoms. The van der Waals surface area contributed by atoms with Gasteiger partial charge in [0.05, 0.1) is 5.69 Å². The Kier molecular flexibility index (Phi) is 6.46. The van der Waals surface area contributed by atoms with Gasteiger partial charge in [-0.2, -0.15) is 0 Å². The second-order valence-corrected chi connectivity index (χ2v) is 7.97. The first-order valence-electron chi connectivity index (χ1n) is 8.32. The zero-order chi connectivity index (χ0) is 17.7. The quantitative estimate of drug-likeness (QED) is 0.759. The van der Waals surface area contributed by atoms with E-state index in [0.29, 0.717) is 0 Å². The van der Waals surface area contributed by atoms with Crippen molar-refractivity contribution in [2.45, 2.75) is 56.8 Å². The van der Waals surface area contributed by atoms with Crippen LogP contribution >= 0.6 is 11.8 Å². The molecule has 134 valence electrons.